The monoisotopic (exact) mass is 440 g/mol. The number of hydrogen-bond acceptors (Lipinski definition) is 5. The topological polar surface area (TPSA) is 84.9 Å². The van der Waals surface area contributed by atoms with Crippen molar-refractivity contribution in [2.45, 2.75) is 33.4 Å². The van der Waals surface area contributed by atoms with Gasteiger partial charge in [0.2, 0.25) is 0 Å². The average molecular weight is 441 g/mol. The van der Waals surface area contributed by atoms with E-state index in [2.05, 4.69) is 5.32 Å². The smallest absolute Gasteiger partial charge is 0.322 e. The van der Waals surface area contributed by atoms with Crippen LogP contribution in [0.5, 0.6) is 11.5 Å². The number of benzene rings is 2. The summed E-state index contributed by atoms with van der Waals surface area (Å²) in [6.45, 7) is 5.53. The van der Waals surface area contributed by atoms with E-state index < -0.39 is 10.1 Å². The number of rotatable bonds is 8. The van der Waals surface area contributed by atoms with Gasteiger partial charge in [0.1, 0.15) is 0 Å². The van der Waals surface area contributed by atoms with Gasteiger partial charge in [-0.15, -0.1) is 0 Å². The van der Waals surface area contributed by atoms with Crippen molar-refractivity contribution in [3.63, 3.8) is 0 Å². The van der Waals surface area contributed by atoms with Crippen molar-refractivity contribution in [1.82, 2.24) is 4.90 Å². The molecule has 0 bridgehead atoms. The summed E-state index contributed by atoms with van der Waals surface area (Å²) in [7, 11) is -2.28. The minimum Gasteiger partial charge on any atom is -0.493 e. The molecule has 0 spiro atoms. The largest absolute Gasteiger partial charge is 0.493 e. The summed E-state index contributed by atoms with van der Waals surface area (Å²) in [4.78, 5) is 14.4. The van der Waals surface area contributed by atoms with Crippen molar-refractivity contribution in [3.8, 4) is 11.5 Å². The second kappa shape index (κ2) is 9.84. The van der Waals surface area contributed by atoms with E-state index in [0.29, 0.717) is 22.0 Å². The number of halogens is 1. The fourth-order valence-electron chi connectivity index (χ4n) is 2.49. The standard InChI is InChI=1S/C20H25ClN2O5S/c1-5-29(25,26)28-19-12-15(6-11-18(19)27-4)13-23(14(2)3)20(24)22-17-9-7-16(21)8-10-17/h6-12,14H,5,13H2,1-4H3,(H,22,24). The van der Waals surface area contributed by atoms with Gasteiger partial charge in [0.15, 0.2) is 11.5 Å². The highest BCUT2D eigenvalue weighted by atomic mass is 35.5. The molecule has 0 aliphatic heterocycles. The molecule has 0 radical (unpaired) electrons. The molecule has 0 saturated carbocycles. The molecule has 2 amide bonds. The Morgan fingerprint density at radius 1 is 1.14 bits per heavy atom. The molecular weight excluding hydrogens is 416 g/mol. The zero-order chi connectivity index (χ0) is 21.6. The summed E-state index contributed by atoms with van der Waals surface area (Å²) in [6, 6.07) is 11.4. The lowest BCUT2D eigenvalue weighted by molar-refractivity contribution is 0.193. The number of anilines is 1. The van der Waals surface area contributed by atoms with Crippen molar-refractivity contribution in [3.05, 3.63) is 53.1 Å². The molecule has 0 heterocycles. The first-order valence-corrected chi connectivity index (χ1v) is 11.0. The van der Waals surface area contributed by atoms with Crippen LogP contribution in [0.3, 0.4) is 0 Å². The van der Waals surface area contributed by atoms with Crippen LogP contribution in [0.25, 0.3) is 0 Å². The van der Waals surface area contributed by atoms with E-state index in [0.717, 1.165) is 0 Å². The third kappa shape index (κ3) is 6.54. The van der Waals surface area contributed by atoms with Crippen molar-refractivity contribution in [1.29, 1.82) is 0 Å². The summed E-state index contributed by atoms with van der Waals surface area (Å²) >= 11 is 5.88. The van der Waals surface area contributed by atoms with Gasteiger partial charge in [0, 0.05) is 23.3 Å². The zero-order valence-corrected chi connectivity index (χ0v) is 18.4. The number of methoxy groups -OCH3 is 1. The molecule has 2 aromatic rings. The van der Waals surface area contributed by atoms with Crippen LogP contribution in [0.1, 0.15) is 26.3 Å². The summed E-state index contributed by atoms with van der Waals surface area (Å²) in [5, 5.41) is 3.41. The van der Waals surface area contributed by atoms with E-state index in [-0.39, 0.29) is 30.1 Å². The van der Waals surface area contributed by atoms with Crippen LogP contribution >= 0.6 is 11.6 Å². The molecule has 2 rings (SSSR count). The molecule has 2 aromatic carbocycles. The Morgan fingerprint density at radius 3 is 2.34 bits per heavy atom. The SMILES string of the molecule is CCS(=O)(=O)Oc1cc(CN(C(=O)Nc2ccc(Cl)cc2)C(C)C)ccc1OC. The molecule has 0 atom stereocenters. The Hall–Kier alpha value is -2.45. The van der Waals surface area contributed by atoms with Crippen LogP contribution in [-0.4, -0.2) is 38.3 Å². The molecule has 0 aliphatic carbocycles. The lowest BCUT2D eigenvalue weighted by atomic mass is 10.1. The minimum atomic E-state index is -3.71. The number of amides is 2. The maximum atomic E-state index is 12.8. The summed E-state index contributed by atoms with van der Waals surface area (Å²) in [5.74, 6) is 0.225. The first kappa shape index (κ1) is 22.8. The van der Waals surface area contributed by atoms with Gasteiger partial charge in [-0.3, -0.25) is 0 Å². The second-order valence-corrected chi connectivity index (χ2v) is 8.87. The number of carbonyl (C=O) groups excluding carboxylic acids is 1. The normalized spacial score (nSPS) is 11.2. The van der Waals surface area contributed by atoms with Crippen molar-refractivity contribution in [2.75, 3.05) is 18.2 Å². The first-order valence-electron chi connectivity index (χ1n) is 9.07. The molecule has 0 aliphatic rings. The van der Waals surface area contributed by atoms with E-state index in [9.17, 15) is 13.2 Å². The van der Waals surface area contributed by atoms with Gasteiger partial charge in [-0.2, -0.15) is 8.42 Å². The van der Waals surface area contributed by atoms with Crippen LogP contribution in [0.4, 0.5) is 10.5 Å². The minimum absolute atomic E-state index is 0.0914. The molecule has 0 saturated heterocycles. The van der Waals surface area contributed by atoms with E-state index in [1.54, 1.807) is 47.4 Å². The molecule has 9 heteroatoms. The molecule has 7 nitrogen and oxygen atoms in total. The predicted molar refractivity (Wildman–Crippen MR) is 114 cm³/mol. The van der Waals surface area contributed by atoms with Gasteiger partial charge in [-0.25, -0.2) is 4.79 Å². The van der Waals surface area contributed by atoms with Crippen molar-refractivity contribution in [2.24, 2.45) is 0 Å². The van der Waals surface area contributed by atoms with Gasteiger partial charge in [0.05, 0.1) is 12.9 Å². The lowest BCUT2D eigenvalue weighted by Crippen LogP contribution is -2.39. The fourth-order valence-corrected chi connectivity index (χ4v) is 3.14. The quantitative estimate of drug-likeness (QED) is 0.610. The van der Waals surface area contributed by atoms with E-state index in [1.807, 2.05) is 13.8 Å². The van der Waals surface area contributed by atoms with E-state index in [4.69, 9.17) is 20.5 Å². The van der Waals surface area contributed by atoms with Gasteiger partial charge in [0.25, 0.3) is 0 Å². The van der Waals surface area contributed by atoms with Crippen LogP contribution in [0.2, 0.25) is 5.02 Å². The highest BCUT2D eigenvalue weighted by Crippen LogP contribution is 2.30. The Kier molecular flexibility index (Phi) is 7.75. The molecule has 158 valence electrons. The summed E-state index contributed by atoms with van der Waals surface area (Å²) in [5.41, 5.74) is 1.32. The van der Waals surface area contributed by atoms with Gasteiger partial charge in [-0.1, -0.05) is 17.7 Å². The van der Waals surface area contributed by atoms with Crippen LogP contribution in [0.15, 0.2) is 42.5 Å². The molecule has 0 unspecified atom stereocenters. The maximum Gasteiger partial charge on any atom is 0.322 e. The third-order valence-corrected chi connectivity index (χ3v) is 5.52. The van der Waals surface area contributed by atoms with Crippen LogP contribution in [0, 0.1) is 0 Å². The number of carbonyl (C=O) groups is 1. The summed E-state index contributed by atoms with van der Waals surface area (Å²) < 4.78 is 34.0. The average Bonchev–Trinajstić information content (AvgIpc) is 2.67. The van der Waals surface area contributed by atoms with Crippen molar-refractivity contribution < 1.29 is 22.1 Å². The lowest BCUT2D eigenvalue weighted by Gasteiger charge is -2.27. The number of ether oxygens (including phenoxy) is 1. The molecule has 0 aromatic heterocycles. The zero-order valence-electron chi connectivity index (χ0n) is 16.8. The second-order valence-electron chi connectivity index (χ2n) is 6.57. The molecule has 0 fully saturated rings. The Balaban J connectivity index is 2.23. The maximum absolute atomic E-state index is 12.8. The van der Waals surface area contributed by atoms with Crippen molar-refractivity contribution >= 4 is 33.4 Å². The predicted octanol–water partition coefficient (Wildman–Crippen LogP) is 4.52. The Morgan fingerprint density at radius 2 is 1.79 bits per heavy atom. The number of hydrogen-bond donors (Lipinski definition) is 1. The van der Waals surface area contributed by atoms with Gasteiger partial charge >= 0.3 is 16.1 Å². The Bertz CT molecular complexity index is 946. The van der Waals surface area contributed by atoms with Gasteiger partial charge < -0.3 is 19.1 Å². The molecule has 1 N–H and O–H groups in total. The Labute approximate surface area is 176 Å². The van der Waals surface area contributed by atoms with E-state index >= 15 is 0 Å². The highest BCUT2D eigenvalue weighted by Gasteiger charge is 2.20. The fraction of sp³-hybridized carbons (Fsp3) is 0.350. The van der Waals surface area contributed by atoms with E-state index in [1.165, 1.54) is 14.0 Å². The third-order valence-electron chi connectivity index (χ3n) is 4.13. The number of nitrogens with one attached hydrogen (secondary N) is 1. The van der Waals surface area contributed by atoms with Gasteiger partial charge in [-0.05, 0) is 62.7 Å². The number of urea groups is 1. The van der Waals surface area contributed by atoms with Crippen LogP contribution in [-0.2, 0) is 16.7 Å². The highest BCUT2D eigenvalue weighted by molar-refractivity contribution is 7.87. The van der Waals surface area contributed by atoms with Crippen LogP contribution < -0.4 is 14.2 Å². The molecule has 29 heavy (non-hydrogen) atoms. The summed E-state index contributed by atoms with van der Waals surface area (Å²) in [6.07, 6.45) is 0. The number of nitrogens with zero attached hydrogens (tertiary/aromatic N) is 1. The molecular formula is C20H25ClN2O5S. The first-order chi connectivity index (χ1) is 13.6.